The molecule has 2 rings (SSSR count). The number of benzene rings is 2. The van der Waals surface area contributed by atoms with Gasteiger partial charge in [-0.3, -0.25) is 0 Å². The number of nitriles is 2. The van der Waals surface area contributed by atoms with Gasteiger partial charge >= 0.3 is 0 Å². The zero-order chi connectivity index (χ0) is 13.8. The number of nitrogens with zero attached hydrogens (tertiary/aromatic N) is 3. The first-order valence-electron chi connectivity index (χ1n) is 5.90. The van der Waals surface area contributed by atoms with Crippen molar-refractivity contribution in [1.82, 2.24) is 0 Å². The maximum absolute atomic E-state index is 8.93. The Labute approximate surface area is 112 Å². The van der Waals surface area contributed by atoms with Crippen molar-refractivity contribution in [3.8, 4) is 12.1 Å². The van der Waals surface area contributed by atoms with E-state index in [0.717, 1.165) is 16.9 Å². The van der Waals surface area contributed by atoms with E-state index >= 15 is 0 Å². The maximum atomic E-state index is 8.93. The van der Waals surface area contributed by atoms with Gasteiger partial charge in [-0.15, -0.1) is 0 Å². The second kappa shape index (κ2) is 5.25. The monoisotopic (exact) mass is 247 g/mol. The Morgan fingerprint density at radius 1 is 0.895 bits per heavy atom. The number of aryl methyl sites for hydroxylation is 1. The molecule has 0 saturated heterocycles. The third-order valence-corrected chi connectivity index (χ3v) is 3.10. The number of hydrogen-bond acceptors (Lipinski definition) is 3. The van der Waals surface area contributed by atoms with Gasteiger partial charge in [-0.05, 0) is 55.0 Å². The van der Waals surface area contributed by atoms with Gasteiger partial charge in [0.05, 0.1) is 23.3 Å². The van der Waals surface area contributed by atoms with E-state index in [2.05, 4.69) is 12.1 Å². The van der Waals surface area contributed by atoms with Crippen molar-refractivity contribution in [1.29, 1.82) is 10.5 Å². The van der Waals surface area contributed by atoms with E-state index < -0.39 is 0 Å². The van der Waals surface area contributed by atoms with Crippen LogP contribution in [0.3, 0.4) is 0 Å². The average Bonchev–Trinajstić information content (AvgIpc) is 2.46. The largest absolute Gasteiger partial charge is 0.345 e. The van der Waals surface area contributed by atoms with E-state index in [4.69, 9.17) is 10.5 Å². The standard InChI is InChI=1S/C16H13N3/c1-12-9-16(8-5-14(12)11-18)19(2)15-6-3-13(10-17)4-7-15/h3-9H,1-2H3. The first-order chi connectivity index (χ1) is 9.15. The number of anilines is 2. The summed E-state index contributed by atoms with van der Waals surface area (Å²) in [5.74, 6) is 0. The predicted molar refractivity (Wildman–Crippen MR) is 75.1 cm³/mol. The molecular weight excluding hydrogens is 234 g/mol. The fourth-order valence-electron chi connectivity index (χ4n) is 1.89. The van der Waals surface area contributed by atoms with Crippen LogP contribution in [0, 0.1) is 29.6 Å². The van der Waals surface area contributed by atoms with Gasteiger partial charge in [0.15, 0.2) is 0 Å². The van der Waals surface area contributed by atoms with Crippen LogP contribution >= 0.6 is 0 Å². The Balaban J connectivity index is 2.33. The van der Waals surface area contributed by atoms with Crippen molar-refractivity contribution >= 4 is 11.4 Å². The van der Waals surface area contributed by atoms with Gasteiger partial charge in [-0.1, -0.05) is 0 Å². The Bertz CT molecular complexity index is 673. The predicted octanol–water partition coefficient (Wildman–Crippen LogP) is 3.51. The molecule has 3 nitrogen and oxygen atoms in total. The fourth-order valence-corrected chi connectivity index (χ4v) is 1.89. The molecule has 0 aliphatic carbocycles. The van der Waals surface area contributed by atoms with E-state index in [9.17, 15) is 0 Å². The molecule has 0 aromatic heterocycles. The smallest absolute Gasteiger partial charge is 0.0994 e. The molecular formula is C16H13N3. The fraction of sp³-hybridized carbons (Fsp3) is 0.125. The molecule has 0 aliphatic heterocycles. The molecule has 0 atom stereocenters. The first-order valence-corrected chi connectivity index (χ1v) is 5.90. The maximum Gasteiger partial charge on any atom is 0.0994 e. The summed E-state index contributed by atoms with van der Waals surface area (Å²) in [5, 5.41) is 17.7. The first kappa shape index (κ1) is 12.7. The van der Waals surface area contributed by atoms with Crippen molar-refractivity contribution in [3.63, 3.8) is 0 Å². The molecule has 0 saturated carbocycles. The van der Waals surface area contributed by atoms with E-state index in [1.165, 1.54) is 0 Å². The van der Waals surface area contributed by atoms with Crippen LogP contribution in [0.5, 0.6) is 0 Å². The van der Waals surface area contributed by atoms with Crippen LogP contribution < -0.4 is 4.90 Å². The molecule has 0 fully saturated rings. The Kier molecular flexibility index (Phi) is 3.50. The third kappa shape index (κ3) is 2.56. The quantitative estimate of drug-likeness (QED) is 0.816. The highest BCUT2D eigenvalue weighted by atomic mass is 15.1. The highest BCUT2D eigenvalue weighted by Crippen LogP contribution is 2.25. The Morgan fingerprint density at radius 3 is 2.05 bits per heavy atom. The summed E-state index contributed by atoms with van der Waals surface area (Å²) in [6.45, 7) is 1.93. The normalized spacial score (nSPS) is 9.47. The van der Waals surface area contributed by atoms with Crippen molar-refractivity contribution in [2.45, 2.75) is 6.92 Å². The SMILES string of the molecule is Cc1cc(N(C)c2ccc(C#N)cc2)ccc1C#N. The summed E-state index contributed by atoms with van der Waals surface area (Å²) >= 11 is 0. The van der Waals surface area contributed by atoms with Crippen LogP contribution in [0.1, 0.15) is 16.7 Å². The highest BCUT2D eigenvalue weighted by Gasteiger charge is 2.06. The second-order valence-electron chi connectivity index (χ2n) is 4.33. The van der Waals surface area contributed by atoms with Gasteiger partial charge in [-0.25, -0.2) is 0 Å². The topological polar surface area (TPSA) is 50.8 Å². The lowest BCUT2D eigenvalue weighted by molar-refractivity contribution is 1.20. The summed E-state index contributed by atoms with van der Waals surface area (Å²) in [4.78, 5) is 2.02. The number of rotatable bonds is 2. The Hall–Kier alpha value is -2.78. The molecule has 0 amide bonds. The average molecular weight is 247 g/mol. The van der Waals surface area contributed by atoms with Gasteiger partial charge < -0.3 is 4.90 Å². The van der Waals surface area contributed by atoms with Crippen LogP contribution in [0.25, 0.3) is 0 Å². The summed E-state index contributed by atoms with van der Waals surface area (Å²) in [6, 6.07) is 17.4. The molecule has 2 aromatic rings. The third-order valence-electron chi connectivity index (χ3n) is 3.10. The molecule has 0 spiro atoms. The molecule has 3 heteroatoms. The van der Waals surface area contributed by atoms with Crippen molar-refractivity contribution < 1.29 is 0 Å². The summed E-state index contributed by atoms with van der Waals surface area (Å²) in [5.41, 5.74) is 4.31. The van der Waals surface area contributed by atoms with E-state index in [1.54, 1.807) is 12.1 Å². The lowest BCUT2D eigenvalue weighted by Crippen LogP contribution is -2.09. The molecule has 0 unspecified atom stereocenters. The van der Waals surface area contributed by atoms with Crippen LogP contribution in [-0.2, 0) is 0 Å². The minimum absolute atomic E-state index is 0.646. The summed E-state index contributed by atoms with van der Waals surface area (Å²) in [7, 11) is 1.96. The Morgan fingerprint density at radius 2 is 1.53 bits per heavy atom. The van der Waals surface area contributed by atoms with Gasteiger partial charge in [0.1, 0.15) is 0 Å². The highest BCUT2D eigenvalue weighted by molar-refractivity contribution is 5.65. The van der Waals surface area contributed by atoms with E-state index in [1.807, 2.05) is 49.2 Å². The van der Waals surface area contributed by atoms with Crippen LogP contribution in [0.2, 0.25) is 0 Å². The molecule has 2 aromatic carbocycles. The lowest BCUT2D eigenvalue weighted by Gasteiger charge is -2.20. The molecule has 19 heavy (non-hydrogen) atoms. The molecule has 92 valence electrons. The minimum atomic E-state index is 0.646. The van der Waals surface area contributed by atoms with Crippen molar-refractivity contribution in [2.24, 2.45) is 0 Å². The van der Waals surface area contributed by atoms with Crippen LogP contribution in [-0.4, -0.2) is 7.05 Å². The van der Waals surface area contributed by atoms with E-state index in [0.29, 0.717) is 11.1 Å². The summed E-state index contributed by atoms with van der Waals surface area (Å²) in [6.07, 6.45) is 0. The molecule has 0 radical (unpaired) electrons. The molecule has 0 heterocycles. The van der Waals surface area contributed by atoms with E-state index in [-0.39, 0.29) is 0 Å². The van der Waals surface area contributed by atoms with Crippen molar-refractivity contribution in [3.05, 3.63) is 59.2 Å². The van der Waals surface area contributed by atoms with Gasteiger partial charge in [0, 0.05) is 18.4 Å². The number of hydrogen-bond donors (Lipinski definition) is 0. The van der Waals surface area contributed by atoms with Crippen molar-refractivity contribution in [2.75, 3.05) is 11.9 Å². The zero-order valence-corrected chi connectivity index (χ0v) is 10.9. The van der Waals surface area contributed by atoms with Gasteiger partial charge in [0.25, 0.3) is 0 Å². The zero-order valence-electron chi connectivity index (χ0n) is 10.9. The van der Waals surface area contributed by atoms with Crippen LogP contribution in [0.4, 0.5) is 11.4 Å². The summed E-state index contributed by atoms with van der Waals surface area (Å²) < 4.78 is 0. The molecule has 0 bridgehead atoms. The molecule has 0 aliphatic rings. The molecule has 0 N–H and O–H groups in total. The van der Waals surface area contributed by atoms with Crippen LogP contribution in [0.15, 0.2) is 42.5 Å². The minimum Gasteiger partial charge on any atom is -0.345 e. The lowest BCUT2D eigenvalue weighted by atomic mass is 10.1. The van der Waals surface area contributed by atoms with Gasteiger partial charge in [0.2, 0.25) is 0 Å². The van der Waals surface area contributed by atoms with Gasteiger partial charge in [-0.2, -0.15) is 10.5 Å². The second-order valence-corrected chi connectivity index (χ2v) is 4.33.